The Morgan fingerprint density at radius 3 is 2.44 bits per heavy atom. The zero-order chi connectivity index (χ0) is 12.4. The van der Waals surface area contributed by atoms with Gasteiger partial charge in [0.15, 0.2) is 5.82 Å². The van der Waals surface area contributed by atoms with Gasteiger partial charge in [-0.1, -0.05) is 36.4 Å². The van der Waals surface area contributed by atoms with Crippen LogP contribution >= 0.6 is 0 Å². The summed E-state index contributed by atoms with van der Waals surface area (Å²) in [6.45, 7) is 0. The van der Waals surface area contributed by atoms with E-state index in [1.807, 2.05) is 48.5 Å². The van der Waals surface area contributed by atoms with Crippen molar-refractivity contribution >= 4 is 5.69 Å². The molecule has 0 saturated heterocycles. The second-order valence-corrected chi connectivity index (χ2v) is 3.92. The first-order chi connectivity index (χ1) is 8.84. The van der Waals surface area contributed by atoms with E-state index in [-0.39, 0.29) is 0 Å². The van der Waals surface area contributed by atoms with Gasteiger partial charge in [-0.3, -0.25) is 0 Å². The zero-order valence-electron chi connectivity index (χ0n) is 9.54. The number of nitrogen functional groups attached to an aromatic ring is 1. The van der Waals surface area contributed by atoms with E-state index in [4.69, 9.17) is 5.73 Å². The number of H-pyrrole nitrogens is 1. The second-order valence-electron chi connectivity index (χ2n) is 3.92. The molecule has 0 saturated carbocycles. The van der Waals surface area contributed by atoms with Crippen molar-refractivity contribution in [3.63, 3.8) is 0 Å². The lowest BCUT2D eigenvalue weighted by Crippen LogP contribution is -1.92. The predicted octanol–water partition coefficient (Wildman–Crippen LogP) is 2.12. The number of benzene rings is 2. The van der Waals surface area contributed by atoms with Crippen molar-refractivity contribution < 1.29 is 0 Å². The molecule has 1 aromatic heterocycles. The first kappa shape index (κ1) is 10.5. The lowest BCUT2D eigenvalue weighted by Gasteiger charge is -2.06. The second kappa shape index (κ2) is 4.29. The lowest BCUT2D eigenvalue weighted by atomic mass is 10.0. The van der Waals surface area contributed by atoms with Crippen molar-refractivity contribution in [3.8, 4) is 22.5 Å². The number of hydrogen-bond acceptors (Lipinski definition) is 4. The summed E-state index contributed by atoms with van der Waals surface area (Å²) in [6, 6.07) is 15.9. The van der Waals surface area contributed by atoms with Crippen LogP contribution in [-0.2, 0) is 0 Å². The maximum absolute atomic E-state index is 6.03. The van der Waals surface area contributed by atoms with E-state index in [0.29, 0.717) is 11.5 Å². The van der Waals surface area contributed by atoms with E-state index in [1.165, 1.54) is 0 Å². The average Bonchev–Trinajstić information content (AvgIpc) is 2.93. The fourth-order valence-corrected chi connectivity index (χ4v) is 1.86. The predicted molar refractivity (Wildman–Crippen MR) is 69.5 cm³/mol. The SMILES string of the molecule is Nc1cc(-c2ccccc2)ccc1-c1nnn[nH]1. The normalized spacial score (nSPS) is 10.4. The highest BCUT2D eigenvalue weighted by atomic mass is 15.5. The monoisotopic (exact) mass is 237 g/mol. The number of nitrogens with zero attached hydrogens (tertiary/aromatic N) is 3. The minimum atomic E-state index is 0.576. The molecule has 1 heterocycles. The fourth-order valence-electron chi connectivity index (χ4n) is 1.86. The Morgan fingerprint density at radius 2 is 1.78 bits per heavy atom. The average molecular weight is 237 g/mol. The third kappa shape index (κ3) is 1.82. The summed E-state index contributed by atoms with van der Waals surface area (Å²) in [4.78, 5) is 0. The third-order valence-corrected chi connectivity index (χ3v) is 2.76. The molecule has 88 valence electrons. The summed E-state index contributed by atoms with van der Waals surface area (Å²) in [5.41, 5.74) is 9.69. The molecule has 0 spiro atoms. The molecule has 2 aromatic carbocycles. The number of nitrogens with one attached hydrogen (secondary N) is 1. The highest BCUT2D eigenvalue weighted by Gasteiger charge is 2.07. The highest BCUT2D eigenvalue weighted by molar-refractivity contribution is 5.78. The van der Waals surface area contributed by atoms with Gasteiger partial charge in [-0.15, -0.1) is 5.10 Å². The van der Waals surface area contributed by atoms with Gasteiger partial charge >= 0.3 is 0 Å². The van der Waals surface area contributed by atoms with E-state index < -0.39 is 0 Å². The quantitative estimate of drug-likeness (QED) is 0.669. The summed E-state index contributed by atoms with van der Waals surface area (Å²) < 4.78 is 0. The van der Waals surface area contributed by atoms with Crippen LogP contribution in [-0.4, -0.2) is 20.6 Å². The molecule has 0 aliphatic carbocycles. The molecule has 0 aliphatic heterocycles. The molecule has 0 unspecified atom stereocenters. The lowest BCUT2D eigenvalue weighted by molar-refractivity contribution is 0.881. The first-order valence-corrected chi connectivity index (χ1v) is 5.53. The van der Waals surface area contributed by atoms with Crippen LogP contribution in [0.5, 0.6) is 0 Å². The van der Waals surface area contributed by atoms with E-state index in [1.54, 1.807) is 0 Å². The first-order valence-electron chi connectivity index (χ1n) is 5.53. The van der Waals surface area contributed by atoms with Gasteiger partial charge in [0.2, 0.25) is 0 Å². The van der Waals surface area contributed by atoms with E-state index in [9.17, 15) is 0 Å². The molecule has 0 amide bonds. The summed E-state index contributed by atoms with van der Waals surface area (Å²) in [6.07, 6.45) is 0. The van der Waals surface area contributed by atoms with Gasteiger partial charge in [-0.05, 0) is 33.7 Å². The summed E-state index contributed by atoms with van der Waals surface area (Å²) >= 11 is 0. The van der Waals surface area contributed by atoms with Gasteiger partial charge in [-0.2, -0.15) is 0 Å². The van der Waals surface area contributed by atoms with Crippen LogP contribution in [0.1, 0.15) is 0 Å². The Bertz CT molecular complexity index is 646. The van der Waals surface area contributed by atoms with Gasteiger partial charge in [0.25, 0.3) is 0 Å². The van der Waals surface area contributed by atoms with Gasteiger partial charge in [0, 0.05) is 11.3 Å². The van der Waals surface area contributed by atoms with E-state index in [0.717, 1.165) is 16.7 Å². The fraction of sp³-hybridized carbons (Fsp3) is 0. The Morgan fingerprint density at radius 1 is 0.944 bits per heavy atom. The van der Waals surface area contributed by atoms with Crippen molar-refractivity contribution in [1.82, 2.24) is 20.6 Å². The Balaban J connectivity index is 2.05. The maximum Gasteiger partial charge on any atom is 0.181 e. The molecular weight excluding hydrogens is 226 g/mol. The molecular formula is C13H11N5. The molecule has 0 fully saturated rings. The van der Waals surface area contributed by atoms with Crippen molar-refractivity contribution in [3.05, 3.63) is 48.5 Å². The molecule has 0 bridgehead atoms. The number of hydrogen-bond donors (Lipinski definition) is 2. The van der Waals surface area contributed by atoms with Crippen LogP contribution in [0, 0.1) is 0 Å². The Hall–Kier alpha value is -2.69. The van der Waals surface area contributed by atoms with Crippen molar-refractivity contribution in [2.24, 2.45) is 0 Å². The Kier molecular flexibility index (Phi) is 2.49. The van der Waals surface area contributed by atoms with Crippen LogP contribution in [0.2, 0.25) is 0 Å². The standard InChI is InChI=1S/C13H11N5/c14-12-8-10(9-4-2-1-3-5-9)6-7-11(12)13-15-17-18-16-13/h1-8H,14H2,(H,15,16,17,18). The number of rotatable bonds is 2. The van der Waals surface area contributed by atoms with Crippen LogP contribution in [0.4, 0.5) is 5.69 Å². The molecule has 3 N–H and O–H groups in total. The minimum Gasteiger partial charge on any atom is -0.398 e. The summed E-state index contributed by atoms with van der Waals surface area (Å²) in [5.74, 6) is 0.576. The number of aromatic nitrogens is 4. The van der Waals surface area contributed by atoms with E-state index in [2.05, 4.69) is 20.6 Å². The molecule has 5 heteroatoms. The minimum absolute atomic E-state index is 0.576. The molecule has 3 rings (SSSR count). The zero-order valence-corrected chi connectivity index (χ0v) is 9.54. The van der Waals surface area contributed by atoms with Crippen LogP contribution < -0.4 is 5.73 Å². The third-order valence-electron chi connectivity index (χ3n) is 2.76. The smallest absolute Gasteiger partial charge is 0.181 e. The molecule has 5 nitrogen and oxygen atoms in total. The van der Waals surface area contributed by atoms with Crippen LogP contribution in [0.15, 0.2) is 48.5 Å². The van der Waals surface area contributed by atoms with Crippen molar-refractivity contribution in [2.75, 3.05) is 5.73 Å². The number of aromatic amines is 1. The number of anilines is 1. The van der Waals surface area contributed by atoms with Gasteiger partial charge < -0.3 is 5.73 Å². The van der Waals surface area contributed by atoms with E-state index >= 15 is 0 Å². The number of nitrogens with two attached hydrogens (primary N) is 1. The largest absolute Gasteiger partial charge is 0.398 e. The van der Waals surface area contributed by atoms with Gasteiger partial charge in [0.05, 0.1) is 0 Å². The number of tetrazole rings is 1. The van der Waals surface area contributed by atoms with Crippen molar-refractivity contribution in [2.45, 2.75) is 0 Å². The van der Waals surface area contributed by atoms with Crippen LogP contribution in [0.3, 0.4) is 0 Å². The molecule has 0 aliphatic rings. The molecule has 0 atom stereocenters. The summed E-state index contributed by atoms with van der Waals surface area (Å²) in [7, 11) is 0. The summed E-state index contributed by atoms with van der Waals surface area (Å²) in [5, 5.41) is 13.6. The maximum atomic E-state index is 6.03. The van der Waals surface area contributed by atoms with Crippen LogP contribution in [0.25, 0.3) is 22.5 Å². The van der Waals surface area contributed by atoms with Gasteiger partial charge in [0.1, 0.15) is 0 Å². The topological polar surface area (TPSA) is 80.5 Å². The Labute approximate surface area is 104 Å². The molecule has 0 radical (unpaired) electrons. The molecule has 18 heavy (non-hydrogen) atoms. The molecule has 3 aromatic rings. The van der Waals surface area contributed by atoms with Gasteiger partial charge in [-0.25, -0.2) is 5.10 Å². The van der Waals surface area contributed by atoms with Crippen molar-refractivity contribution in [1.29, 1.82) is 0 Å². The highest BCUT2D eigenvalue weighted by Crippen LogP contribution is 2.28.